The second-order valence-corrected chi connectivity index (χ2v) is 2.26. The Labute approximate surface area is 53.9 Å². The molecular weight excluding hydrogens is 94.9 g/mol. The molecule has 0 rings (SSSR count). The Hall–Kier alpha value is 0.0649. The van der Waals surface area contributed by atoms with E-state index in [1.54, 1.807) is 0 Å². The van der Waals surface area contributed by atoms with Gasteiger partial charge >= 0.3 is 0 Å². The Bertz CT molecular complexity index is 29.4. The van der Waals surface area contributed by atoms with E-state index >= 15 is 0 Å². The summed E-state index contributed by atoms with van der Waals surface area (Å²) >= 11 is 0. The first-order valence-corrected chi connectivity index (χ1v) is 3.69. The van der Waals surface area contributed by atoms with Crippen molar-refractivity contribution >= 4 is 7.28 Å². The summed E-state index contributed by atoms with van der Waals surface area (Å²) in [5.74, 6) is 0. The van der Waals surface area contributed by atoms with Gasteiger partial charge < -0.3 is 0 Å². The van der Waals surface area contributed by atoms with Gasteiger partial charge in [0.05, 0.1) is 0 Å². The second-order valence-electron chi connectivity index (χ2n) is 2.26. The minimum absolute atomic E-state index is 1.31. The SMILES string of the molecule is C[B]CCCCCC. The topological polar surface area (TPSA) is 0 Å². The molecule has 0 aromatic carbocycles. The Balaban J connectivity index is 2.53. The van der Waals surface area contributed by atoms with Crippen molar-refractivity contribution in [1.82, 2.24) is 0 Å². The second kappa shape index (κ2) is 7.06. The largest absolute Gasteiger partial charge is 0.105 e. The highest BCUT2D eigenvalue weighted by Gasteiger charge is 1.84. The minimum Gasteiger partial charge on any atom is -0.0920 e. The molecule has 0 aromatic heterocycles. The summed E-state index contributed by atoms with van der Waals surface area (Å²) in [6, 6.07) is 0. The van der Waals surface area contributed by atoms with Crippen LogP contribution in [0.1, 0.15) is 32.6 Å². The maximum Gasteiger partial charge on any atom is 0.105 e. The van der Waals surface area contributed by atoms with Gasteiger partial charge in [-0.15, -0.1) is 0 Å². The summed E-state index contributed by atoms with van der Waals surface area (Å²) in [6.45, 7) is 4.38. The van der Waals surface area contributed by atoms with Crippen LogP contribution in [0.15, 0.2) is 0 Å². The molecule has 0 N–H and O–H groups in total. The fraction of sp³-hybridized carbons (Fsp3) is 1.00. The lowest BCUT2D eigenvalue weighted by atomic mass is 9.76. The van der Waals surface area contributed by atoms with Crippen LogP contribution in [0.2, 0.25) is 13.1 Å². The molecule has 0 saturated heterocycles. The molecule has 0 nitrogen and oxygen atoms in total. The Morgan fingerprint density at radius 2 is 1.88 bits per heavy atom. The zero-order chi connectivity index (χ0) is 6.24. The van der Waals surface area contributed by atoms with E-state index in [0.717, 1.165) is 0 Å². The van der Waals surface area contributed by atoms with Crippen molar-refractivity contribution in [3.63, 3.8) is 0 Å². The maximum absolute atomic E-state index is 2.25. The van der Waals surface area contributed by atoms with Gasteiger partial charge in [-0.2, -0.15) is 0 Å². The average Bonchev–Trinajstić information content (AvgIpc) is 1.81. The van der Waals surface area contributed by atoms with Crippen LogP contribution in [-0.2, 0) is 0 Å². The van der Waals surface area contributed by atoms with Crippen molar-refractivity contribution in [2.75, 3.05) is 0 Å². The van der Waals surface area contributed by atoms with E-state index in [0.29, 0.717) is 0 Å². The van der Waals surface area contributed by atoms with E-state index in [2.05, 4.69) is 21.0 Å². The van der Waals surface area contributed by atoms with Gasteiger partial charge in [-0.3, -0.25) is 0 Å². The summed E-state index contributed by atoms with van der Waals surface area (Å²) in [5, 5.41) is 0. The van der Waals surface area contributed by atoms with Gasteiger partial charge in [-0.25, -0.2) is 0 Å². The third kappa shape index (κ3) is 6.06. The first kappa shape index (κ1) is 8.06. The Morgan fingerprint density at radius 3 is 2.38 bits per heavy atom. The van der Waals surface area contributed by atoms with Crippen LogP contribution in [-0.4, -0.2) is 7.28 Å². The molecule has 0 bridgehead atoms. The van der Waals surface area contributed by atoms with Crippen molar-refractivity contribution in [2.45, 2.75) is 45.8 Å². The Kier molecular flexibility index (Phi) is 7.12. The monoisotopic (exact) mass is 111 g/mol. The van der Waals surface area contributed by atoms with Crippen molar-refractivity contribution in [3.8, 4) is 0 Å². The standard InChI is InChI=1S/C7H16B/c1-3-4-5-6-7-8-2/h3-7H2,1-2H3. The maximum atomic E-state index is 2.25. The summed E-state index contributed by atoms with van der Waals surface area (Å²) < 4.78 is 0. The first-order valence-electron chi connectivity index (χ1n) is 3.69. The van der Waals surface area contributed by atoms with Crippen molar-refractivity contribution in [1.29, 1.82) is 0 Å². The lowest BCUT2D eigenvalue weighted by Crippen LogP contribution is -1.80. The van der Waals surface area contributed by atoms with Crippen LogP contribution < -0.4 is 0 Å². The van der Waals surface area contributed by atoms with Crippen LogP contribution in [0.4, 0.5) is 0 Å². The molecule has 0 aliphatic heterocycles. The van der Waals surface area contributed by atoms with Gasteiger partial charge in [0.2, 0.25) is 0 Å². The Morgan fingerprint density at radius 1 is 1.12 bits per heavy atom. The average molecular weight is 111 g/mol. The predicted octanol–water partition coefficient (Wildman–Crippen LogP) is 2.74. The van der Waals surface area contributed by atoms with E-state index in [1.165, 1.54) is 32.0 Å². The fourth-order valence-corrected chi connectivity index (χ4v) is 0.775. The number of rotatable bonds is 5. The van der Waals surface area contributed by atoms with Crippen LogP contribution in [0.5, 0.6) is 0 Å². The van der Waals surface area contributed by atoms with Crippen LogP contribution in [0.3, 0.4) is 0 Å². The molecule has 0 spiro atoms. The summed E-state index contributed by atoms with van der Waals surface area (Å²) in [7, 11) is 2.25. The number of hydrogen-bond donors (Lipinski definition) is 0. The van der Waals surface area contributed by atoms with Crippen molar-refractivity contribution in [2.24, 2.45) is 0 Å². The van der Waals surface area contributed by atoms with E-state index < -0.39 is 0 Å². The van der Waals surface area contributed by atoms with Gasteiger partial charge in [-0.05, 0) is 0 Å². The molecule has 1 radical (unpaired) electrons. The lowest BCUT2D eigenvalue weighted by molar-refractivity contribution is 0.700. The lowest BCUT2D eigenvalue weighted by Gasteiger charge is -1.93. The molecule has 0 aliphatic carbocycles. The molecule has 0 amide bonds. The van der Waals surface area contributed by atoms with Crippen LogP contribution >= 0.6 is 0 Å². The van der Waals surface area contributed by atoms with Crippen LogP contribution in [0.25, 0.3) is 0 Å². The van der Waals surface area contributed by atoms with E-state index in [1.807, 2.05) is 0 Å². The normalized spacial score (nSPS) is 9.25. The number of hydrogen-bond acceptors (Lipinski definition) is 0. The minimum atomic E-state index is 1.31. The molecule has 0 fully saturated rings. The molecule has 1 heteroatoms. The molecule has 8 heavy (non-hydrogen) atoms. The molecule has 0 heterocycles. The predicted molar refractivity (Wildman–Crippen MR) is 40.6 cm³/mol. The van der Waals surface area contributed by atoms with Crippen molar-refractivity contribution in [3.05, 3.63) is 0 Å². The molecule has 47 valence electrons. The van der Waals surface area contributed by atoms with Gasteiger partial charge in [0.1, 0.15) is 7.28 Å². The zero-order valence-electron chi connectivity index (χ0n) is 6.11. The highest BCUT2D eigenvalue weighted by Crippen LogP contribution is 2.01. The summed E-state index contributed by atoms with van der Waals surface area (Å²) in [5.41, 5.74) is 0. The van der Waals surface area contributed by atoms with Crippen molar-refractivity contribution < 1.29 is 0 Å². The van der Waals surface area contributed by atoms with Crippen LogP contribution in [0, 0.1) is 0 Å². The quantitative estimate of drug-likeness (QED) is 0.378. The molecule has 0 aromatic rings. The highest BCUT2D eigenvalue weighted by atomic mass is 13.8. The molecule has 0 aliphatic rings. The van der Waals surface area contributed by atoms with E-state index in [4.69, 9.17) is 0 Å². The molecular formula is C7H16B. The third-order valence-electron chi connectivity index (χ3n) is 1.35. The molecule has 0 atom stereocenters. The summed E-state index contributed by atoms with van der Waals surface area (Å²) in [6.07, 6.45) is 6.88. The smallest absolute Gasteiger partial charge is 0.0920 e. The van der Waals surface area contributed by atoms with E-state index in [9.17, 15) is 0 Å². The van der Waals surface area contributed by atoms with Gasteiger partial charge in [0.15, 0.2) is 0 Å². The molecule has 0 unspecified atom stereocenters. The first-order chi connectivity index (χ1) is 3.91. The molecule has 0 saturated carbocycles. The fourth-order valence-electron chi connectivity index (χ4n) is 0.775. The van der Waals surface area contributed by atoms with E-state index in [-0.39, 0.29) is 0 Å². The zero-order valence-corrected chi connectivity index (χ0v) is 6.11. The van der Waals surface area contributed by atoms with Gasteiger partial charge in [0.25, 0.3) is 0 Å². The third-order valence-corrected chi connectivity index (χ3v) is 1.35. The number of unbranched alkanes of at least 4 members (excludes halogenated alkanes) is 3. The van der Waals surface area contributed by atoms with Gasteiger partial charge in [-0.1, -0.05) is 45.8 Å². The van der Waals surface area contributed by atoms with Gasteiger partial charge in [0, 0.05) is 0 Å². The highest BCUT2D eigenvalue weighted by molar-refractivity contribution is 6.33. The summed E-state index contributed by atoms with van der Waals surface area (Å²) in [4.78, 5) is 0.